The molecule has 0 radical (unpaired) electrons. The van der Waals surface area contributed by atoms with Crippen molar-refractivity contribution in [3.8, 4) is 0 Å². The van der Waals surface area contributed by atoms with Crippen molar-refractivity contribution in [1.82, 2.24) is 10.2 Å². The van der Waals surface area contributed by atoms with Crippen molar-refractivity contribution >= 4 is 11.6 Å². The molecule has 0 spiro atoms. The van der Waals surface area contributed by atoms with Crippen molar-refractivity contribution in [2.24, 2.45) is 5.41 Å². The number of rotatable bonds is 3. The largest absolute Gasteiger partial charge is 0.398 e. The number of nitrogens with zero attached hydrogens (tertiary/aromatic N) is 1. The molecule has 19 heavy (non-hydrogen) atoms. The Bertz CT molecular complexity index is 471. The van der Waals surface area contributed by atoms with Crippen molar-refractivity contribution in [2.45, 2.75) is 19.9 Å². The summed E-state index contributed by atoms with van der Waals surface area (Å²) < 4.78 is 13.7. The van der Waals surface area contributed by atoms with Crippen LogP contribution in [0.3, 0.4) is 0 Å². The quantitative estimate of drug-likeness (QED) is 0.811. The van der Waals surface area contributed by atoms with Gasteiger partial charge in [0.25, 0.3) is 0 Å². The molecule has 1 aromatic rings. The molecule has 0 saturated carbocycles. The van der Waals surface area contributed by atoms with Gasteiger partial charge in [0.1, 0.15) is 5.82 Å². The van der Waals surface area contributed by atoms with E-state index in [2.05, 4.69) is 10.2 Å². The van der Waals surface area contributed by atoms with Crippen molar-refractivity contribution in [3.63, 3.8) is 0 Å². The second-order valence-electron chi connectivity index (χ2n) is 5.41. The lowest BCUT2D eigenvalue weighted by Gasteiger charge is -2.23. The van der Waals surface area contributed by atoms with E-state index >= 15 is 0 Å². The van der Waals surface area contributed by atoms with E-state index in [1.165, 1.54) is 6.07 Å². The fraction of sp³-hybridized carbons (Fsp3) is 0.500. The summed E-state index contributed by atoms with van der Waals surface area (Å²) in [7, 11) is 1.64. The van der Waals surface area contributed by atoms with Crippen molar-refractivity contribution in [1.29, 1.82) is 0 Å². The van der Waals surface area contributed by atoms with E-state index in [9.17, 15) is 9.18 Å². The van der Waals surface area contributed by atoms with E-state index < -0.39 is 5.41 Å². The van der Waals surface area contributed by atoms with E-state index in [1.807, 2.05) is 6.92 Å². The monoisotopic (exact) mass is 265 g/mol. The molecule has 3 N–H and O–H groups in total. The van der Waals surface area contributed by atoms with Crippen LogP contribution in [0.2, 0.25) is 0 Å². The summed E-state index contributed by atoms with van der Waals surface area (Å²) in [6.07, 6.45) is 0.779. The maximum Gasteiger partial charge on any atom is 0.227 e. The zero-order valence-corrected chi connectivity index (χ0v) is 11.4. The predicted octanol–water partition coefficient (Wildman–Crippen LogP) is 1.37. The second-order valence-corrected chi connectivity index (χ2v) is 5.41. The SMILES string of the molecule is CNC(=O)C1(C)CCN(Cc2c(N)cccc2F)C1. The summed E-state index contributed by atoms with van der Waals surface area (Å²) in [5, 5.41) is 2.69. The Balaban J connectivity index is 2.09. The lowest BCUT2D eigenvalue weighted by molar-refractivity contribution is -0.129. The van der Waals surface area contributed by atoms with Gasteiger partial charge in [-0.05, 0) is 32.0 Å². The van der Waals surface area contributed by atoms with Gasteiger partial charge in [-0.1, -0.05) is 6.07 Å². The molecule has 5 heteroatoms. The van der Waals surface area contributed by atoms with E-state index in [0.717, 1.165) is 13.0 Å². The third kappa shape index (κ3) is 2.71. The number of carbonyl (C=O) groups excluding carboxylic acids is 1. The lowest BCUT2D eigenvalue weighted by atomic mass is 9.89. The number of nitrogens with two attached hydrogens (primary N) is 1. The fourth-order valence-corrected chi connectivity index (χ4v) is 2.64. The van der Waals surface area contributed by atoms with Gasteiger partial charge in [0.05, 0.1) is 5.41 Å². The van der Waals surface area contributed by atoms with Crippen LogP contribution in [0.15, 0.2) is 18.2 Å². The van der Waals surface area contributed by atoms with Crippen molar-refractivity contribution < 1.29 is 9.18 Å². The Morgan fingerprint density at radius 3 is 2.95 bits per heavy atom. The Labute approximate surface area is 112 Å². The van der Waals surface area contributed by atoms with E-state index in [4.69, 9.17) is 5.73 Å². The molecular weight excluding hydrogens is 245 g/mol. The highest BCUT2D eigenvalue weighted by Gasteiger charge is 2.39. The first-order chi connectivity index (χ1) is 8.96. The summed E-state index contributed by atoms with van der Waals surface area (Å²) in [4.78, 5) is 13.9. The molecule has 1 amide bonds. The number of hydrogen-bond donors (Lipinski definition) is 2. The number of carbonyl (C=O) groups is 1. The average molecular weight is 265 g/mol. The van der Waals surface area contributed by atoms with E-state index in [-0.39, 0.29) is 11.7 Å². The number of anilines is 1. The summed E-state index contributed by atoms with van der Waals surface area (Å²) in [6.45, 7) is 3.79. The Morgan fingerprint density at radius 2 is 2.32 bits per heavy atom. The molecule has 1 aromatic carbocycles. The molecular formula is C14H20FN3O. The molecule has 1 saturated heterocycles. The van der Waals surface area contributed by atoms with E-state index in [0.29, 0.717) is 24.3 Å². The van der Waals surface area contributed by atoms with Gasteiger partial charge in [0.2, 0.25) is 5.91 Å². The third-order valence-corrected chi connectivity index (χ3v) is 3.86. The first-order valence-corrected chi connectivity index (χ1v) is 6.44. The van der Waals surface area contributed by atoms with Crippen LogP contribution < -0.4 is 11.1 Å². The third-order valence-electron chi connectivity index (χ3n) is 3.86. The highest BCUT2D eigenvalue weighted by molar-refractivity contribution is 5.82. The number of benzene rings is 1. The normalized spacial score (nSPS) is 23.5. The number of nitrogen functional groups attached to an aromatic ring is 1. The van der Waals surface area contributed by atoms with Crippen LogP contribution >= 0.6 is 0 Å². The van der Waals surface area contributed by atoms with Gasteiger partial charge in [-0.25, -0.2) is 4.39 Å². The molecule has 4 nitrogen and oxygen atoms in total. The first kappa shape index (κ1) is 13.8. The number of likely N-dealkylation sites (tertiary alicyclic amines) is 1. The molecule has 1 aliphatic rings. The molecule has 104 valence electrons. The van der Waals surface area contributed by atoms with Gasteiger partial charge in [0.15, 0.2) is 0 Å². The number of nitrogens with one attached hydrogen (secondary N) is 1. The first-order valence-electron chi connectivity index (χ1n) is 6.44. The van der Waals surface area contributed by atoms with Gasteiger partial charge >= 0.3 is 0 Å². The second kappa shape index (κ2) is 5.17. The Morgan fingerprint density at radius 1 is 1.58 bits per heavy atom. The number of halogens is 1. The lowest BCUT2D eigenvalue weighted by Crippen LogP contribution is -2.39. The Kier molecular flexibility index (Phi) is 3.75. The molecule has 1 aliphatic heterocycles. The smallest absolute Gasteiger partial charge is 0.227 e. The molecule has 0 aliphatic carbocycles. The minimum absolute atomic E-state index is 0.0384. The summed E-state index contributed by atoms with van der Waals surface area (Å²) >= 11 is 0. The topological polar surface area (TPSA) is 58.4 Å². The van der Waals surface area contributed by atoms with Crippen molar-refractivity contribution in [3.05, 3.63) is 29.6 Å². The zero-order valence-electron chi connectivity index (χ0n) is 11.4. The van der Waals surface area contributed by atoms with Crippen LogP contribution in [0, 0.1) is 11.2 Å². The van der Waals surface area contributed by atoms with Crippen LogP contribution in [0.25, 0.3) is 0 Å². The maximum atomic E-state index is 13.7. The van der Waals surface area contributed by atoms with Crippen LogP contribution in [-0.2, 0) is 11.3 Å². The molecule has 0 aromatic heterocycles. The summed E-state index contributed by atoms with van der Waals surface area (Å²) in [6, 6.07) is 4.72. The highest BCUT2D eigenvalue weighted by atomic mass is 19.1. The van der Waals surface area contributed by atoms with Crippen LogP contribution in [0.5, 0.6) is 0 Å². The minimum Gasteiger partial charge on any atom is -0.398 e. The molecule has 2 rings (SSSR count). The number of hydrogen-bond acceptors (Lipinski definition) is 3. The van der Waals surface area contributed by atoms with Crippen LogP contribution in [0.1, 0.15) is 18.9 Å². The standard InChI is InChI=1S/C14H20FN3O/c1-14(13(19)17-2)6-7-18(9-14)8-10-11(15)4-3-5-12(10)16/h3-5H,6-9,16H2,1-2H3,(H,17,19). The molecule has 1 unspecified atom stereocenters. The predicted molar refractivity (Wildman–Crippen MR) is 72.9 cm³/mol. The van der Waals surface area contributed by atoms with Gasteiger partial charge in [-0.2, -0.15) is 0 Å². The van der Waals surface area contributed by atoms with Gasteiger partial charge < -0.3 is 11.1 Å². The average Bonchev–Trinajstić information content (AvgIpc) is 2.76. The van der Waals surface area contributed by atoms with Gasteiger partial charge in [-0.3, -0.25) is 9.69 Å². The molecule has 1 atom stereocenters. The molecule has 0 bridgehead atoms. The zero-order chi connectivity index (χ0) is 14.0. The highest BCUT2D eigenvalue weighted by Crippen LogP contribution is 2.32. The van der Waals surface area contributed by atoms with Crippen LogP contribution in [0.4, 0.5) is 10.1 Å². The van der Waals surface area contributed by atoms with Crippen molar-refractivity contribution in [2.75, 3.05) is 25.9 Å². The number of amides is 1. The fourth-order valence-electron chi connectivity index (χ4n) is 2.64. The van der Waals surface area contributed by atoms with Gasteiger partial charge in [0, 0.05) is 31.4 Å². The maximum absolute atomic E-state index is 13.7. The minimum atomic E-state index is -0.394. The van der Waals surface area contributed by atoms with Gasteiger partial charge in [-0.15, -0.1) is 0 Å². The summed E-state index contributed by atoms with van der Waals surface area (Å²) in [5.41, 5.74) is 6.40. The Hall–Kier alpha value is -1.62. The molecule has 1 heterocycles. The summed E-state index contributed by atoms with van der Waals surface area (Å²) in [5.74, 6) is -0.245. The molecule has 1 fully saturated rings. The van der Waals surface area contributed by atoms with Crippen LogP contribution in [-0.4, -0.2) is 30.9 Å². The van der Waals surface area contributed by atoms with E-state index in [1.54, 1.807) is 19.2 Å².